The summed E-state index contributed by atoms with van der Waals surface area (Å²) >= 11 is 9.25. The van der Waals surface area contributed by atoms with Gasteiger partial charge in [0.1, 0.15) is 0 Å². The average molecular weight is 322 g/mol. The van der Waals surface area contributed by atoms with Crippen molar-refractivity contribution in [3.8, 4) is 0 Å². The van der Waals surface area contributed by atoms with E-state index >= 15 is 0 Å². The summed E-state index contributed by atoms with van der Waals surface area (Å²) in [7, 11) is 2.90. The molecule has 3 nitrogen and oxygen atoms in total. The van der Waals surface area contributed by atoms with E-state index in [9.17, 15) is 4.79 Å². The van der Waals surface area contributed by atoms with E-state index in [4.69, 9.17) is 21.1 Å². The van der Waals surface area contributed by atoms with Crippen molar-refractivity contribution < 1.29 is 14.3 Å². The lowest BCUT2D eigenvalue weighted by Crippen LogP contribution is -2.25. The third kappa shape index (κ3) is 4.39. The first-order chi connectivity index (χ1) is 8.08. The zero-order valence-electron chi connectivity index (χ0n) is 9.70. The monoisotopic (exact) mass is 320 g/mol. The molecule has 1 rings (SSSR count). The maximum absolute atomic E-state index is 11.7. The van der Waals surface area contributed by atoms with Crippen LogP contribution in [-0.2, 0) is 20.7 Å². The fourth-order valence-electron chi connectivity index (χ4n) is 1.46. The fraction of sp³-hybridized carbons (Fsp3) is 0.417. The summed E-state index contributed by atoms with van der Waals surface area (Å²) in [6.07, 6.45) is 0.216. The minimum atomic E-state index is -0.777. The van der Waals surface area contributed by atoms with Gasteiger partial charge < -0.3 is 9.47 Å². The molecular formula is C12H14BrClO3. The van der Waals surface area contributed by atoms with Gasteiger partial charge in [0.2, 0.25) is 6.29 Å². The van der Waals surface area contributed by atoms with Gasteiger partial charge in [0, 0.05) is 30.1 Å². The van der Waals surface area contributed by atoms with Gasteiger partial charge in [-0.1, -0.05) is 33.6 Å². The lowest BCUT2D eigenvalue weighted by Gasteiger charge is -2.12. The van der Waals surface area contributed by atoms with E-state index in [2.05, 4.69) is 15.9 Å². The van der Waals surface area contributed by atoms with E-state index in [0.717, 1.165) is 10.0 Å². The molecule has 17 heavy (non-hydrogen) atoms. The van der Waals surface area contributed by atoms with E-state index in [1.807, 2.05) is 12.1 Å². The zero-order valence-corrected chi connectivity index (χ0v) is 12.0. The van der Waals surface area contributed by atoms with Crippen LogP contribution in [0.2, 0.25) is 5.02 Å². The van der Waals surface area contributed by atoms with Crippen molar-refractivity contribution >= 4 is 33.3 Å². The molecule has 5 heteroatoms. The van der Waals surface area contributed by atoms with Crippen LogP contribution in [0.3, 0.4) is 0 Å². The number of hydrogen-bond donors (Lipinski definition) is 0. The van der Waals surface area contributed by atoms with E-state index < -0.39 is 6.29 Å². The van der Waals surface area contributed by atoms with Gasteiger partial charge in [0.05, 0.1) is 0 Å². The summed E-state index contributed by atoms with van der Waals surface area (Å²) in [5.74, 6) is -0.0724. The first-order valence-electron chi connectivity index (χ1n) is 5.10. The Labute approximate surface area is 114 Å². The molecule has 0 aromatic heterocycles. The van der Waals surface area contributed by atoms with Crippen LogP contribution in [0.25, 0.3) is 0 Å². The molecule has 0 unspecified atom stereocenters. The number of halogens is 2. The van der Waals surface area contributed by atoms with Crippen LogP contribution >= 0.6 is 27.5 Å². The van der Waals surface area contributed by atoms with Crippen molar-refractivity contribution in [2.24, 2.45) is 0 Å². The molecule has 1 aromatic rings. The van der Waals surface area contributed by atoms with Gasteiger partial charge >= 0.3 is 0 Å². The van der Waals surface area contributed by atoms with Crippen molar-refractivity contribution in [3.05, 3.63) is 33.3 Å². The SMILES string of the molecule is COC(OC)C(=O)CCc1ccc(Cl)cc1Br. The molecule has 94 valence electrons. The molecule has 0 atom stereocenters. The maximum atomic E-state index is 11.7. The average Bonchev–Trinajstić information content (AvgIpc) is 2.29. The Hall–Kier alpha value is -0.420. The Morgan fingerprint density at radius 3 is 2.59 bits per heavy atom. The number of hydrogen-bond acceptors (Lipinski definition) is 3. The second-order valence-corrected chi connectivity index (χ2v) is 4.80. The highest BCUT2D eigenvalue weighted by Gasteiger charge is 2.16. The topological polar surface area (TPSA) is 35.5 Å². The largest absolute Gasteiger partial charge is 0.349 e. The second-order valence-electron chi connectivity index (χ2n) is 3.51. The summed E-state index contributed by atoms with van der Waals surface area (Å²) in [5.41, 5.74) is 1.04. The number of carbonyl (C=O) groups is 1. The van der Waals surface area contributed by atoms with Crippen LogP contribution in [0, 0.1) is 0 Å². The quantitative estimate of drug-likeness (QED) is 0.755. The van der Waals surface area contributed by atoms with E-state index in [0.29, 0.717) is 17.9 Å². The van der Waals surface area contributed by atoms with Gasteiger partial charge in [-0.05, 0) is 24.1 Å². The summed E-state index contributed by atoms with van der Waals surface area (Å²) in [6.45, 7) is 0. The number of Topliss-reactive ketones (excluding diaryl/α,β-unsaturated/α-hetero) is 1. The van der Waals surface area contributed by atoms with Crippen molar-refractivity contribution in [1.29, 1.82) is 0 Å². The number of aryl methyl sites for hydroxylation is 1. The minimum Gasteiger partial charge on any atom is -0.349 e. The summed E-state index contributed by atoms with van der Waals surface area (Å²) in [5, 5.41) is 0.665. The van der Waals surface area contributed by atoms with Crippen LogP contribution in [0.4, 0.5) is 0 Å². The van der Waals surface area contributed by atoms with Gasteiger partial charge in [0.15, 0.2) is 5.78 Å². The van der Waals surface area contributed by atoms with Gasteiger partial charge in [-0.3, -0.25) is 4.79 Å². The van der Waals surface area contributed by atoms with Gasteiger partial charge in [-0.15, -0.1) is 0 Å². The Morgan fingerprint density at radius 1 is 1.41 bits per heavy atom. The molecule has 0 bridgehead atoms. The van der Waals surface area contributed by atoms with Crippen LogP contribution in [0.5, 0.6) is 0 Å². The van der Waals surface area contributed by atoms with Crippen LogP contribution in [0.15, 0.2) is 22.7 Å². The molecule has 0 saturated heterocycles. The predicted octanol–water partition coefficient (Wildman–Crippen LogP) is 3.22. The lowest BCUT2D eigenvalue weighted by molar-refractivity contribution is -0.156. The Balaban J connectivity index is 2.58. The van der Waals surface area contributed by atoms with Crippen molar-refractivity contribution in [3.63, 3.8) is 0 Å². The molecule has 0 aliphatic rings. The number of carbonyl (C=O) groups excluding carboxylic acids is 1. The van der Waals surface area contributed by atoms with Crippen molar-refractivity contribution in [2.75, 3.05) is 14.2 Å². The summed E-state index contributed by atoms with van der Waals surface area (Å²) in [6, 6.07) is 5.51. The normalized spacial score (nSPS) is 10.9. The summed E-state index contributed by atoms with van der Waals surface area (Å²) < 4.78 is 10.7. The Bertz CT molecular complexity index is 391. The van der Waals surface area contributed by atoms with Crippen LogP contribution in [0.1, 0.15) is 12.0 Å². The Kier molecular flexibility index (Phi) is 6.12. The van der Waals surface area contributed by atoms with E-state index in [1.165, 1.54) is 14.2 Å². The maximum Gasteiger partial charge on any atom is 0.217 e. The lowest BCUT2D eigenvalue weighted by atomic mass is 10.1. The number of benzene rings is 1. The number of methoxy groups -OCH3 is 2. The molecule has 0 aliphatic heterocycles. The fourth-order valence-corrected chi connectivity index (χ4v) is 2.34. The van der Waals surface area contributed by atoms with E-state index in [1.54, 1.807) is 6.07 Å². The van der Waals surface area contributed by atoms with Crippen molar-refractivity contribution in [2.45, 2.75) is 19.1 Å². The standard InChI is InChI=1S/C12H14BrClO3/c1-16-12(17-2)11(15)6-4-8-3-5-9(14)7-10(8)13/h3,5,7,12H,4,6H2,1-2H3. The molecule has 0 amide bonds. The highest BCUT2D eigenvalue weighted by Crippen LogP contribution is 2.22. The first kappa shape index (κ1) is 14.6. The number of ether oxygens (including phenoxy) is 2. The highest BCUT2D eigenvalue weighted by molar-refractivity contribution is 9.10. The van der Waals surface area contributed by atoms with Crippen molar-refractivity contribution in [1.82, 2.24) is 0 Å². The third-order valence-electron chi connectivity index (χ3n) is 2.35. The third-order valence-corrected chi connectivity index (χ3v) is 3.32. The van der Waals surface area contributed by atoms with Crippen LogP contribution in [-0.4, -0.2) is 26.3 Å². The number of ketones is 1. The molecule has 0 radical (unpaired) electrons. The Morgan fingerprint density at radius 2 is 2.06 bits per heavy atom. The zero-order chi connectivity index (χ0) is 12.8. The molecule has 0 spiro atoms. The summed E-state index contributed by atoms with van der Waals surface area (Å²) in [4.78, 5) is 11.7. The van der Waals surface area contributed by atoms with Gasteiger partial charge in [-0.25, -0.2) is 0 Å². The highest BCUT2D eigenvalue weighted by atomic mass is 79.9. The molecule has 0 N–H and O–H groups in total. The molecule has 0 fully saturated rings. The predicted molar refractivity (Wildman–Crippen MR) is 70.3 cm³/mol. The van der Waals surface area contributed by atoms with Gasteiger partial charge in [0.25, 0.3) is 0 Å². The van der Waals surface area contributed by atoms with E-state index in [-0.39, 0.29) is 5.78 Å². The van der Waals surface area contributed by atoms with Crippen LogP contribution < -0.4 is 0 Å². The second kappa shape index (κ2) is 7.11. The molecule has 1 aromatic carbocycles. The molecule has 0 heterocycles. The first-order valence-corrected chi connectivity index (χ1v) is 6.27. The molecule has 0 saturated carbocycles. The number of rotatable bonds is 6. The van der Waals surface area contributed by atoms with Gasteiger partial charge in [-0.2, -0.15) is 0 Å². The molecular weight excluding hydrogens is 307 g/mol. The smallest absolute Gasteiger partial charge is 0.217 e. The minimum absolute atomic E-state index is 0.0724. The molecule has 0 aliphatic carbocycles.